The van der Waals surface area contributed by atoms with E-state index in [1.54, 1.807) is 17.9 Å². The number of benzene rings is 1. The van der Waals surface area contributed by atoms with E-state index in [0.717, 1.165) is 22.5 Å². The van der Waals surface area contributed by atoms with Crippen LogP contribution in [-0.4, -0.2) is 24.4 Å². The summed E-state index contributed by atoms with van der Waals surface area (Å²) in [4.78, 5) is 37.8. The monoisotopic (exact) mass is 372 g/mol. The van der Waals surface area contributed by atoms with Crippen LogP contribution in [0.2, 0.25) is 0 Å². The average molecular weight is 372 g/mol. The Morgan fingerprint density at radius 3 is 2.77 bits per heavy atom. The van der Waals surface area contributed by atoms with E-state index < -0.39 is 12.1 Å². The van der Waals surface area contributed by atoms with Gasteiger partial charge in [0, 0.05) is 29.7 Å². The topological polar surface area (TPSA) is 105 Å². The van der Waals surface area contributed by atoms with Crippen molar-refractivity contribution in [2.75, 3.05) is 16.8 Å². The number of thiophene rings is 1. The molecule has 1 aromatic heterocycles. The number of nitrogens with one attached hydrogen (secondary N) is 2. The third kappa shape index (κ3) is 4.02. The third-order valence-electron chi connectivity index (χ3n) is 4.23. The van der Waals surface area contributed by atoms with E-state index in [0.29, 0.717) is 12.2 Å². The molecule has 1 atom stereocenters. The highest BCUT2D eigenvalue weighted by Crippen LogP contribution is 2.31. The van der Waals surface area contributed by atoms with Gasteiger partial charge in [0.15, 0.2) is 0 Å². The second kappa shape index (κ2) is 7.57. The fourth-order valence-corrected chi connectivity index (χ4v) is 3.87. The summed E-state index contributed by atoms with van der Waals surface area (Å²) in [7, 11) is 0. The molecule has 0 bridgehead atoms. The molecular formula is C18H20N4O3S. The first kappa shape index (κ1) is 17.9. The minimum absolute atomic E-state index is 0.0110. The minimum atomic E-state index is -0.668. The summed E-state index contributed by atoms with van der Waals surface area (Å²) >= 11 is 1.45. The average Bonchev–Trinajstić information content (AvgIpc) is 3.23. The highest BCUT2D eigenvalue weighted by molar-refractivity contribution is 7.10. The summed E-state index contributed by atoms with van der Waals surface area (Å²) in [5.41, 5.74) is 7.81. The minimum Gasteiger partial charge on any atom is -0.352 e. The van der Waals surface area contributed by atoms with Crippen molar-refractivity contribution in [3.8, 4) is 0 Å². The fourth-order valence-electron chi connectivity index (χ4n) is 3.09. The second-order valence-corrected chi connectivity index (χ2v) is 7.07. The number of nitrogens with two attached hydrogens (primary N) is 1. The van der Waals surface area contributed by atoms with Crippen molar-refractivity contribution in [3.63, 3.8) is 0 Å². The first-order chi connectivity index (χ1) is 12.4. The summed E-state index contributed by atoms with van der Waals surface area (Å²) in [6, 6.07) is 8.09. The van der Waals surface area contributed by atoms with Crippen molar-refractivity contribution < 1.29 is 14.4 Å². The number of fused-ring (bicyclic) bond motifs is 1. The van der Waals surface area contributed by atoms with Crippen LogP contribution in [0.25, 0.3) is 0 Å². The zero-order valence-electron chi connectivity index (χ0n) is 14.3. The molecule has 2 heterocycles. The van der Waals surface area contributed by atoms with Crippen LogP contribution in [0.4, 0.5) is 16.2 Å². The van der Waals surface area contributed by atoms with Gasteiger partial charge in [0.1, 0.15) is 0 Å². The van der Waals surface area contributed by atoms with Crippen molar-refractivity contribution in [1.29, 1.82) is 0 Å². The molecule has 2 aromatic rings. The van der Waals surface area contributed by atoms with E-state index in [-0.39, 0.29) is 18.2 Å². The fraction of sp³-hybridized carbons (Fsp3) is 0.278. The Balaban J connectivity index is 1.68. The standard InChI is InChI=1S/C18H20N4O3S/c1-11(23)22-7-6-12-9-13(4-5-15(12)22)20-17(24)10-14(21-18(19)25)16-3-2-8-26-16/h2-5,8-9,14H,6-7,10H2,1H3,(H,20,24)(H3,19,21,25). The molecule has 7 nitrogen and oxygen atoms in total. The first-order valence-electron chi connectivity index (χ1n) is 8.24. The smallest absolute Gasteiger partial charge is 0.312 e. The molecule has 1 unspecified atom stereocenters. The largest absolute Gasteiger partial charge is 0.352 e. The van der Waals surface area contributed by atoms with Gasteiger partial charge in [-0.2, -0.15) is 0 Å². The molecule has 4 amide bonds. The summed E-state index contributed by atoms with van der Waals surface area (Å²) in [5, 5.41) is 7.33. The van der Waals surface area contributed by atoms with E-state index >= 15 is 0 Å². The lowest BCUT2D eigenvalue weighted by molar-refractivity contribution is -0.117. The predicted octanol–water partition coefficient (Wildman–Crippen LogP) is 2.40. The van der Waals surface area contributed by atoms with Gasteiger partial charge < -0.3 is 21.3 Å². The number of carbonyl (C=O) groups excluding carboxylic acids is 3. The highest BCUT2D eigenvalue weighted by atomic mass is 32.1. The quantitative estimate of drug-likeness (QED) is 0.750. The van der Waals surface area contributed by atoms with Crippen molar-refractivity contribution in [2.45, 2.75) is 25.8 Å². The van der Waals surface area contributed by atoms with Crippen LogP contribution in [0.5, 0.6) is 0 Å². The predicted molar refractivity (Wildman–Crippen MR) is 101 cm³/mol. The third-order valence-corrected chi connectivity index (χ3v) is 5.22. The molecule has 136 valence electrons. The number of anilines is 2. The van der Waals surface area contributed by atoms with Crippen LogP contribution in [-0.2, 0) is 16.0 Å². The second-order valence-electron chi connectivity index (χ2n) is 6.09. The Kier molecular flexibility index (Phi) is 5.22. The molecule has 26 heavy (non-hydrogen) atoms. The Morgan fingerprint density at radius 2 is 2.12 bits per heavy atom. The molecule has 0 aliphatic carbocycles. The van der Waals surface area contributed by atoms with Gasteiger partial charge >= 0.3 is 6.03 Å². The van der Waals surface area contributed by atoms with E-state index in [1.807, 2.05) is 29.6 Å². The van der Waals surface area contributed by atoms with Gasteiger partial charge in [-0.05, 0) is 41.6 Å². The first-order valence-corrected chi connectivity index (χ1v) is 9.12. The maximum Gasteiger partial charge on any atom is 0.312 e. The summed E-state index contributed by atoms with van der Waals surface area (Å²) in [5.74, 6) is -0.213. The highest BCUT2D eigenvalue weighted by Gasteiger charge is 2.23. The van der Waals surface area contributed by atoms with Gasteiger partial charge in [0.05, 0.1) is 12.5 Å². The van der Waals surface area contributed by atoms with Crippen molar-refractivity contribution >= 4 is 40.6 Å². The zero-order valence-corrected chi connectivity index (χ0v) is 15.1. The lowest BCUT2D eigenvalue weighted by Crippen LogP contribution is -2.34. The number of carbonyl (C=O) groups is 3. The molecule has 1 aliphatic rings. The molecule has 1 aliphatic heterocycles. The normalized spacial score (nSPS) is 13.8. The lowest BCUT2D eigenvalue weighted by atomic mass is 10.1. The number of primary amides is 1. The van der Waals surface area contributed by atoms with Crippen LogP contribution in [0.15, 0.2) is 35.7 Å². The number of urea groups is 1. The number of nitrogens with zero attached hydrogens (tertiary/aromatic N) is 1. The van der Waals surface area contributed by atoms with Gasteiger partial charge in [-0.25, -0.2) is 4.79 Å². The molecule has 1 aromatic carbocycles. The lowest BCUT2D eigenvalue weighted by Gasteiger charge is -2.17. The Hall–Kier alpha value is -2.87. The molecule has 0 spiro atoms. The van der Waals surface area contributed by atoms with Crippen molar-refractivity contribution in [3.05, 3.63) is 46.2 Å². The van der Waals surface area contributed by atoms with E-state index in [4.69, 9.17) is 5.73 Å². The van der Waals surface area contributed by atoms with Crippen LogP contribution in [0.3, 0.4) is 0 Å². The molecule has 4 N–H and O–H groups in total. The van der Waals surface area contributed by atoms with Gasteiger partial charge in [-0.15, -0.1) is 11.3 Å². The molecule has 3 rings (SSSR count). The van der Waals surface area contributed by atoms with E-state index in [1.165, 1.54) is 11.3 Å². The molecule has 0 fully saturated rings. The maximum absolute atomic E-state index is 12.4. The summed E-state index contributed by atoms with van der Waals surface area (Å²) < 4.78 is 0. The van der Waals surface area contributed by atoms with Crippen molar-refractivity contribution in [1.82, 2.24) is 5.32 Å². The van der Waals surface area contributed by atoms with E-state index in [2.05, 4.69) is 10.6 Å². The number of hydrogen-bond donors (Lipinski definition) is 3. The summed E-state index contributed by atoms with van der Waals surface area (Å²) in [6.45, 7) is 2.20. The number of hydrogen-bond acceptors (Lipinski definition) is 4. The van der Waals surface area contributed by atoms with Gasteiger partial charge in [-0.3, -0.25) is 9.59 Å². The molecular weight excluding hydrogens is 352 g/mol. The molecule has 0 saturated heterocycles. The van der Waals surface area contributed by atoms with Crippen molar-refractivity contribution in [2.24, 2.45) is 5.73 Å². The van der Waals surface area contributed by atoms with Crippen LogP contribution in [0, 0.1) is 0 Å². The van der Waals surface area contributed by atoms with Gasteiger partial charge in [0.2, 0.25) is 11.8 Å². The molecule has 0 radical (unpaired) electrons. The molecule has 8 heteroatoms. The Morgan fingerprint density at radius 1 is 1.31 bits per heavy atom. The summed E-state index contributed by atoms with van der Waals surface area (Å²) in [6.07, 6.45) is 0.847. The maximum atomic E-state index is 12.4. The van der Waals surface area contributed by atoms with Crippen LogP contribution >= 0.6 is 11.3 Å². The number of amides is 4. The van der Waals surface area contributed by atoms with E-state index in [9.17, 15) is 14.4 Å². The molecule has 0 saturated carbocycles. The SMILES string of the molecule is CC(=O)N1CCc2cc(NC(=O)CC(NC(N)=O)c3cccs3)ccc21. The number of rotatable bonds is 5. The van der Waals surface area contributed by atoms with Gasteiger partial charge in [0.25, 0.3) is 0 Å². The van der Waals surface area contributed by atoms with Crippen LogP contribution in [0.1, 0.15) is 29.8 Å². The van der Waals surface area contributed by atoms with Crippen LogP contribution < -0.4 is 21.3 Å². The Bertz CT molecular complexity index is 835. The Labute approximate surface area is 155 Å². The van der Waals surface area contributed by atoms with Gasteiger partial charge in [-0.1, -0.05) is 6.07 Å². The zero-order chi connectivity index (χ0) is 18.7.